The molecule has 2 aromatic rings. The Kier molecular flexibility index (Phi) is 5.29. The summed E-state index contributed by atoms with van der Waals surface area (Å²) >= 11 is 0. The SMILES string of the molecule is Cl.O=C(O)c1ccc(Cc2ccc(C(=O)O)cc2)cc1. The highest BCUT2D eigenvalue weighted by atomic mass is 35.5. The molecule has 0 aromatic heterocycles. The van der Waals surface area contributed by atoms with E-state index in [1.54, 1.807) is 48.5 Å². The molecule has 0 amide bonds. The molecule has 0 heterocycles. The molecule has 2 aromatic carbocycles. The number of carboxylic acid groups (broad SMARTS) is 2. The van der Waals surface area contributed by atoms with Crippen LogP contribution < -0.4 is 0 Å². The van der Waals surface area contributed by atoms with Gasteiger partial charge < -0.3 is 10.2 Å². The molecule has 0 saturated carbocycles. The van der Waals surface area contributed by atoms with Crippen molar-refractivity contribution in [2.24, 2.45) is 0 Å². The minimum absolute atomic E-state index is 0. The van der Waals surface area contributed by atoms with Crippen LogP contribution >= 0.6 is 12.4 Å². The van der Waals surface area contributed by atoms with E-state index in [1.807, 2.05) is 0 Å². The maximum absolute atomic E-state index is 10.7. The number of carboxylic acids is 2. The van der Waals surface area contributed by atoms with Crippen molar-refractivity contribution in [1.29, 1.82) is 0 Å². The van der Waals surface area contributed by atoms with Crippen molar-refractivity contribution in [3.05, 3.63) is 70.8 Å². The quantitative estimate of drug-likeness (QED) is 0.908. The molecule has 0 atom stereocenters. The molecule has 0 aliphatic carbocycles. The third kappa shape index (κ3) is 3.83. The summed E-state index contributed by atoms with van der Waals surface area (Å²) in [4.78, 5) is 21.4. The highest BCUT2D eigenvalue weighted by Gasteiger charge is 2.04. The number of carbonyl (C=O) groups is 2. The summed E-state index contributed by atoms with van der Waals surface area (Å²) in [5.41, 5.74) is 2.47. The van der Waals surface area contributed by atoms with Gasteiger partial charge in [0, 0.05) is 0 Å². The largest absolute Gasteiger partial charge is 0.478 e. The van der Waals surface area contributed by atoms with Crippen LogP contribution in [0.15, 0.2) is 48.5 Å². The Hall–Kier alpha value is -2.33. The van der Waals surface area contributed by atoms with Crippen LogP contribution in [0.2, 0.25) is 0 Å². The lowest BCUT2D eigenvalue weighted by molar-refractivity contribution is 0.0686. The summed E-state index contributed by atoms with van der Waals surface area (Å²) in [6.45, 7) is 0. The van der Waals surface area contributed by atoms with Crippen LogP contribution in [0.4, 0.5) is 0 Å². The Balaban J connectivity index is 0.00000200. The molecular formula is C15H13ClO4. The molecule has 2 rings (SSSR count). The van der Waals surface area contributed by atoms with Crippen molar-refractivity contribution in [2.45, 2.75) is 6.42 Å². The molecule has 0 fully saturated rings. The Bertz CT molecular complexity index is 547. The number of rotatable bonds is 4. The molecule has 0 saturated heterocycles. The molecule has 0 aliphatic heterocycles. The predicted molar refractivity (Wildman–Crippen MR) is 76.9 cm³/mol. The van der Waals surface area contributed by atoms with Gasteiger partial charge in [0.1, 0.15) is 0 Å². The predicted octanol–water partition coefficient (Wildman–Crippen LogP) is 3.10. The van der Waals surface area contributed by atoms with E-state index in [1.165, 1.54) is 0 Å². The summed E-state index contributed by atoms with van der Waals surface area (Å²) in [6.07, 6.45) is 0.639. The van der Waals surface area contributed by atoms with E-state index in [-0.39, 0.29) is 23.5 Å². The van der Waals surface area contributed by atoms with Gasteiger partial charge >= 0.3 is 11.9 Å². The monoisotopic (exact) mass is 292 g/mol. The maximum atomic E-state index is 10.7. The Morgan fingerprint density at radius 3 is 1.25 bits per heavy atom. The fourth-order valence-electron chi connectivity index (χ4n) is 1.77. The van der Waals surface area contributed by atoms with Gasteiger partial charge in [-0.1, -0.05) is 24.3 Å². The first-order valence-corrected chi connectivity index (χ1v) is 5.71. The van der Waals surface area contributed by atoms with Crippen LogP contribution in [0.5, 0.6) is 0 Å². The summed E-state index contributed by atoms with van der Waals surface area (Å²) in [5, 5.41) is 17.6. The van der Waals surface area contributed by atoms with Crippen LogP contribution in [0.25, 0.3) is 0 Å². The molecule has 0 radical (unpaired) electrons. The number of benzene rings is 2. The Morgan fingerprint density at radius 2 is 1.00 bits per heavy atom. The number of hydrogen-bond donors (Lipinski definition) is 2. The molecule has 104 valence electrons. The van der Waals surface area contributed by atoms with Gasteiger partial charge in [0.2, 0.25) is 0 Å². The Labute approximate surface area is 122 Å². The zero-order valence-corrected chi connectivity index (χ0v) is 11.3. The lowest BCUT2D eigenvalue weighted by Crippen LogP contribution is -1.98. The molecule has 20 heavy (non-hydrogen) atoms. The van der Waals surface area contributed by atoms with Gasteiger partial charge in [0.25, 0.3) is 0 Å². The van der Waals surface area contributed by atoms with Gasteiger partial charge in [-0.15, -0.1) is 12.4 Å². The van der Waals surface area contributed by atoms with Crippen molar-refractivity contribution < 1.29 is 19.8 Å². The van der Waals surface area contributed by atoms with Gasteiger partial charge in [-0.05, 0) is 41.8 Å². The van der Waals surface area contributed by atoms with Gasteiger partial charge in [-0.3, -0.25) is 0 Å². The topological polar surface area (TPSA) is 74.6 Å². The van der Waals surface area contributed by atoms with Crippen LogP contribution in [0.1, 0.15) is 31.8 Å². The molecular weight excluding hydrogens is 280 g/mol. The molecule has 0 unspecified atom stereocenters. The normalized spacial score (nSPS) is 9.60. The molecule has 2 N–H and O–H groups in total. The third-order valence-corrected chi connectivity index (χ3v) is 2.81. The van der Waals surface area contributed by atoms with Crippen molar-refractivity contribution in [1.82, 2.24) is 0 Å². The van der Waals surface area contributed by atoms with Crippen molar-refractivity contribution in [3.63, 3.8) is 0 Å². The molecule has 4 nitrogen and oxygen atoms in total. The number of halogens is 1. The average molecular weight is 293 g/mol. The summed E-state index contributed by atoms with van der Waals surface area (Å²) < 4.78 is 0. The minimum Gasteiger partial charge on any atom is -0.478 e. The van der Waals surface area contributed by atoms with Crippen LogP contribution in [-0.4, -0.2) is 22.2 Å². The fourth-order valence-corrected chi connectivity index (χ4v) is 1.77. The third-order valence-electron chi connectivity index (χ3n) is 2.81. The minimum atomic E-state index is -0.947. The summed E-state index contributed by atoms with van der Waals surface area (Å²) in [5.74, 6) is -1.89. The van der Waals surface area contributed by atoms with Gasteiger partial charge in [-0.25, -0.2) is 9.59 Å². The van der Waals surface area contributed by atoms with Gasteiger partial charge in [0.05, 0.1) is 11.1 Å². The zero-order valence-electron chi connectivity index (χ0n) is 10.4. The van der Waals surface area contributed by atoms with E-state index in [9.17, 15) is 9.59 Å². The highest BCUT2D eigenvalue weighted by molar-refractivity contribution is 5.88. The van der Waals surface area contributed by atoms with E-state index in [0.717, 1.165) is 11.1 Å². The standard InChI is InChI=1S/C15H12O4.ClH/c16-14(17)12-5-1-10(2-6-12)9-11-3-7-13(8-4-11)15(18)19;/h1-8H,9H2,(H,16,17)(H,18,19);1H. The molecule has 0 bridgehead atoms. The van der Waals surface area contributed by atoms with Gasteiger partial charge in [0.15, 0.2) is 0 Å². The van der Waals surface area contributed by atoms with Crippen LogP contribution in [0, 0.1) is 0 Å². The van der Waals surface area contributed by atoms with Crippen LogP contribution in [0.3, 0.4) is 0 Å². The highest BCUT2D eigenvalue weighted by Crippen LogP contribution is 2.12. The van der Waals surface area contributed by atoms with E-state index >= 15 is 0 Å². The fraction of sp³-hybridized carbons (Fsp3) is 0.0667. The lowest BCUT2D eigenvalue weighted by Gasteiger charge is -2.03. The first-order valence-electron chi connectivity index (χ1n) is 5.71. The second-order valence-electron chi connectivity index (χ2n) is 4.18. The molecule has 0 spiro atoms. The van der Waals surface area contributed by atoms with E-state index in [0.29, 0.717) is 6.42 Å². The first-order chi connectivity index (χ1) is 9.06. The van der Waals surface area contributed by atoms with Crippen molar-refractivity contribution >= 4 is 24.3 Å². The van der Waals surface area contributed by atoms with Crippen molar-refractivity contribution in [2.75, 3.05) is 0 Å². The second-order valence-corrected chi connectivity index (χ2v) is 4.18. The van der Waals surface area contributed by atoms with E-state index in [2.05, 4.69) is 0 Å². The summed E-state index contributed by atoms with van der Waals surface area (Å²) in [6, 6.07) is 13.3. The Morgan fingerprint density at radius 1 is 0.700 bits per heavy atom. The van der Waals surface area contributed by atoms with E-state index < -0.39 is 11.9 Å². The molecule has 0 aliphatic rings. The second kappa shape index (κ2) is 6.73. The zero-order chi connectivity index (χ0) is 13.8. The smallest absolute Gasteiger partial charge is 0.335 e. The van der Waals surface area contributed by atoms with Crippen LogP contribution in [-0.2, 0) is 6.42 Å². The maximum Gasteiger partial charge on any atom is 0.335 e. The van der Waals surface area contributed by atoms with Crippen molar-refractivity contribution in [3.8, 4) is 0 Å². The lowest BCUT2D eigenvalue weighted by atomic mass is 10.0. The average Bonchev–Trinajstić information content (AvgIpc) is 2.40. The molecule has 5 heteroatoms. The number of aromatic carboxylic acids is 2. The van der Waals surface area contributed by atoms with E-state index in [4.69, 9.17) is 10.2 Å². The number of hydrogen-bond acceptors (Lipinski definition) is 2. The summed E-state index contributed by atoms with van der Waals surface area (Å²) in [7, 11) is 0. The first kappa shape index (κ1) is 15.7. The van der Waals surface area contributed by atoms with Gasteiger partial charge in [-0.2, -0.15) is 0 Å².